The molecule has 0 aliphatic heterocycles. The molecule has 0 spiro atoms. The lowest BCUT2D eigenvalue weighted by Gasteiger charge is -2.11. The highest BCUT2D eigenvalue weighted by molar-refractivity contribution is 7.26. The van der Waals surface area contributed by atoms with Crippen LogP contribution in [-0.4, -0.2) is 58.1 Å². The predicted octanol–water partition coefficient (Wildman–Crippen LogP) is 25.2. The second-order valence-electron chi connectivity index (χ2n) is 28.6. The maximum Gasteiger partial charge on any atom is 0.235 e. The minimum atomic E-state index is 0.564. The molecule has 0 fully saturated rings. The van der Waals surface area contributed by atoms with Gasteiger partial charge >= 0.3 is 0 Å². The zero-order valence-electron chi connectivity index (χ0n) is 60.8. The van der Waals surface area contributed by atoms with Crippen molar-refractivity contribution >= 4 is 141 Å². The van der Waals surface area contributed by atoms with Crippen molar-refractivity contribution in [3.63, 3.8) is 0 Å². The summed E-state index contributed by atoms with van der Waals surface area (Å²) < 4.78 is 17.9. The van der Waals surface area contributed by atoms with E-state index in [1.807, 2.05) is 108 Å². The molecule has 0 aliphatic carbocycles. The molecule has 532 valence electrons. The molecule has 0 saturated heterocycles. The molecular formula is C100H60N12OS. The molecule has 12 heterocycles. The number of rotatable bonds is 10. The lowest BCUT2D eigenvalue weighted by molar-refractivity contribution is 0.669. The predicted molar refractivity (Wildman–Crippen MR) is 465 cm³/mol. The number of benzene rings is 12. The normalized spacial score (nSPS) is 11.9. The molecule has 0 amide bonds. The largest absolute Gasteiger partial charge is 0.456 e. The Labute approximate surface area is 654 Å². The van der Waals surface area contributed by atoms with Gasteiger partial charge in [0.05, 0.1) is 100 Å². The molecular weight excluding hydrogens is 1420 g/mol. The van der Waals surface area contributed by atoms with Gasteiger partial charge in [-0.3, -0.25) is 29.1 Å². The third kappa shape index (κ3) is 10.5. The van der Waals surface area contributed by atoms with Crippen LogP contribution in [0.15, 0.2) is 369 Å². The number of thiophene rings is 1. The molecule has 12 aromatic carbocycles. The first-order valence-electron chi connectivity index (χ1n) is 37.9. The van der Waals surface area contributed by atoms with Crippen LogP contribution in [0.5, 0.6) is 0 Å². The van der Waals surface area contributed by atoms with E-state index in [2.05, 4.69) is 281 Å². The summed E-state index contributed by atoms with van der Waals surface area (Å²) in [4.78, 5) is 39.1. The molecule has 0 aliphatic rings. The molecule has 13 nitrogen and oxygen atoms in total. The SMILES string of the molecule is c1ccc(-c2cc(-c3ccccn3)nc(-n3c4ccccc4c4cc(-c5ccc6c(c5)c5ccccc5n6-c5ccc6oc7ccccc7c6c5)ccc43)n2)nc1.c1ccc(-c2cc(-c3ccccn3)nc(-n3c4ccccc4c4cc(-c5ccc6c(c5)c5ccccc5n6-c5cccc6c5sc5ccccc56)ccc43)n2)nc1. The second-order valence-corrected chi connectivity index (χ2v) is 29.7. The van der Waals surface area contributed by atoms with Crippen LogP contribution in [0, 0.1) is 0 Å². The van der Waals surface area contributed by atoms with Crippen molar-refractivity contribution in [1.29, 1.82) is 0 Å². The van der Waals surface area contributed by atoms with Crippen molar-refractivity contribution in [2.45, 2.75) is 0 Å². The van der Waals surface area contributed by atoms with Crippen molar-refractivity contribution in [2.75, 3.05) is 0 Å². The Morgan fingerprint density at radius 3 is 1.02 bits per heavy atom. The zero-order chi connectivity index (χ0) is 74.9. The highest BCUT2D eigenvalue weighted by Gasteiger charge is 2.24. The van der Waals surface area contributed by atoms with Crippen molar-refractivity contribution in [3.05, 3.63) is 365 Å². The van der Waals surface area contributed by atoms with Crippen LogP contribution >= 0.6 is 11.3 Å². The maximum absolute atomic E-state index is 6.17. The van der Waals surface area contributed by atoms with E-state index in [0.29, 0.717) is 11.9 Å². The molecule has 0 N–H and O–H groups in total. The molecule has 0 atom stereocenters. The standard InChI is InChI=1S/C50H30N6O.C50H30N6S/c1-4-16-44-34(11-1)37-27-31(19-22-46(37)55(44)33-21-24-49-39(29-33)36-13-3-6-18-48(36)57-49)32-20-23-47-38(28-32)35-12-2-5-17-45(35)56(47)50-53-42(40-14-7-9-25-51-40)30-43(54-50)41-15-8-10-26-52-41;1-4-18-43-33(12-1)37-28-31(22-24-45(37)55(43)47-20-11-15-36-35-14-3-6-21-48(35)57-49(36)47)32-23-25-46-38(29-32)34-13-2-5-19-44(34)56(46)50-53-41(39-16-7-9-26-51-39)30-42(54-50)40-17-8-10-27-52-40/h2*1-30H. The van der Waals surface area contributed by atoms with Gasteiger partial charge in [-0.1, -0.05) is 170 Å². The van der Waals surface area contributed by atoms with Crippen LogP contribution in [0.1, 0.15) is 0 Å². The average molecular weight is 1480 g/mol. The molecule has 0 bridgehead atoms. The summed E-state index contributed by atoms with van der Waals surface area (Å²) in [7, 11) is 0. The lowest BCUT2D eigenvalue weighted by Crippen LogP contribution is -2.04. The van der Waals surface area contributed by atoms with Crippen LogP contribution in [0.25, 0.3) is 220 Å². The van der Waals surface area contributed by atoms with Gasteiger partial charge < -0.3 is 13.6 Å². The van der Waals surface area contributed by atoms with Crippen molar-refractivity contribution in [2.24, 2.45) is 0 Å². The number of hydrogen-bond acceptors (Lipinski definition) is 10. The van der Waals surface area contributed by atoms with Gasteiger partial charge in [-0.25, -0.2) is 19.9 Å². The van der Waals surface area contributed by atoms with Crippen LogP contribution in [0.4, 0.5) is 0 Å². The van der Waals surface area contributed by atoms with Crippen molar-refractivity contribution in [1.82, 2.24) is 58.1 Å². The van der Waals surface area contributed by atoms with Crippen LogP contribution < -0.4 is 0 Å². The van der Waals surface area contributed by atoms with Crippen molar-refractivity contribution in [3.8, 4) is 91.1 Å². The summed E-state index contributed by atoms with van der Waals surface area (Å²) in [5.74, 6) is 1.13. The Kier molecular flexibility index (Phi) is 14.8. The van der Waals surface area contributed by atoms with Crippen LogP contribution in [0.3, 0.4) is 0 Å². The second kappa shape index (κ2) is 26.2. The van der Waals surface area contributed by atoms with Gasteiger partial charge in [0.1, 0.15) is 11.2 Å². The third-order valence-electron chi connectivity index (χ3n) is 22.1. The average Bonchev–Trinajstić information content (AvgIpc) is 1.61. The smallest absolute Gasteiger partial charge is 0.235 e. The van der Waals surface area contributed by atoms with E-state index in [0.717, 1.165) is 150 Å². The number of aromatic nitrogens is 12. The molecule has 0 radical (unpaired) electrons. The maximum atomic E-state index is 6.17. The minimum Gasteiger partial charge on any atom is -0.456 e. The molecule has 24 aromatic rings. The van der Waals surface area contributed by atoms with E-state index in [-0.39, 0.29) is 0 Å². The molecule has 0 unspecified atom stereocenters. The van der Waals surface area contributed by atoms with Gasteiger partial charge in [0, 0.05) is 99.8 Å². The van der Waals surface area contributed by atoms with Crippen LogP contribution in [-0.2, 0) is 0 Å². The van der Waals surface area contributed by atoms with Crippen molar-refractivity contribution < 1.29 is 4.42 Å². The fourth-order valence-electron chi connectivity index (χ4n) is 17.0. The van der Waals surface area contributed by atoms with Gasteiger partial charge in [0.2, 0.25) is 11.9 Å². The summed E-state index contributed by atoms with van der Waals surface area (Å²) in [5.41, 5.74) is 23.5. The Morgan fingerprint density at radius 1 is 0.219 bits per heavy atom. The van der Waals surface area contributed by atoms with E-state index in [4.69, 9.17) is 24.4 Å². The monoisotopic (exact) mass is 1480 g/mol. The van der Waals surface area contributed by atoms with Gasteiger partial charge in [-0.05, 0) is 192 Å². The van der Waals surface area contributed by atoms with Crippen LogP contribution in [0.2, 0.25) is 0 Å². The summed E-state index contributed by atoms with van der Waals surface area (Å²) in [5, 5.41) is 14.2. The molecule has 12 aromatic heterocycles. The quantitative estimate of drug-likeness (QED) is 0.131. The summed E-state index contributed by atoms with van der Waals surface area (Å²) in [6.45, 7) is 0. The van der Waals surface area contributed by atoms with Gasteiger partial charge in [0.15, 0.2) is 0 Å². The minimum absolute atomic E-state index is 0.564. The number of fused-ring (bicyclic) bond motifs is 18. The van der Waals surface area contributed by atoms with E-state index in [1.54, 1.807) is 24.8 Å². The summed E-state index contributed by atoms with van der Waals surface area (Å²) in [6.07, 6.45) is 7.16. The molecule has 14 heteroatoms. The fraction of sp³-hybridized carbons (Fsp3) is 0. The molecule has 24 rings (SSSR count). The summed E-state index contributed by atoms with van der Waals surface area (Å²) in [6, 6.07) is 119. The third-order valence-corrected chi connectivity index (χ3v) is 23.3. The Morgan fingerprint density at radius 2 is 0.570 bits per heavy atom. The highest BCUT2D eigenvalue weighted by atomic mass is 32.1. The number of furan rings is 1. The van der Waals surface area contributed by atoms with Gasteiger partial charge in [-0.2, -0.15) is 0 Å². The van der Waals surface area contributed by atoms with E-state index < -0.39 is 0 Å². The first-order chi connectivity index (χ1) is 56.5. The Hall–Kier alpha value is -15.4. The van der Waals surface area contributed by atoms with E-state index in [1.165, 1.54) is 58.4 Å². The first kappa shape index (κ1) is 64.6. The molecule has 114 heavy (non-hydrogen) atoms. The zero-order valence-corrected chi connectivity index (χ0v) is 61.6. The Balaban J connectivity index is 0.000000135. The number of nitrogens with zero attached hydrogens (tertiary/aromatic N) is 12. The first-order valence-corrected chi connectivity index (χ1v) is 38.7. The number of para-hydroxylation sites is 5. The fourth-order valence-corrected chi connectivity index (χ4v) is 18.2. The Bertz CT molecular complexity index is 7870. The molecule has 0 saturated carbocycles. The lowest BCUT2D eigenvalue weighted by atomic mass is 10.0. The number of pyridine rings is 4. The van der Waals surface area contributed by atoms with Gasteiger partial charge in [0.25, 0.3) is 0 Å². The summed E-state index contributed by atoms with van der Waals surface area (Å²) >= 11 is 1.87. The highest BCUT2D eigenvalue weighted by Crippen LogP contribution is 2.45. The topological polar surface area (TPSA) is 136 Å². The van der Waals surface area contributed by atoms with Gasteiger partial charge in [-0.15, -0.1) is 11.3 Å². The number of hydrogen-bond donors (Lipinski definition) is 0. The van der Waals surface area contributed by atoms with E-state index in [9.17, 15) is 0 Å². The van der Waals surface area contributed by atoms with E-state index >= 15 is 0 Å².